The summed E-state index contributed by atoms with van der Waals surface area (Å²) in [6, 6.07) is 1.88. The van der Waals surface area contributed by atoms with Crippen LogP contribution in [0.5, 0.6) is 0 Å². The first-order valence-electron chi connectivity index (χ1n) is 5.94. The highest BCUT2D eigenvalue weighted by Crippen LogP contribution is 2.21. The van der Waals surface area contributed by atoms with Gasteiger partial charge in [0.25, 0.3) is 0 Å². The van der Waals surface area contributed by atoms with E-state index in [4.69, 9.17) is 0 Å². The van der Waals surface area contributed by atoms with Gasteiger partial charge in [-0.25, -0.2) is 9.97 Å². The molecule has 0 aliphatic carbocycles. The Bertz CT molecular complexity index is 389. The molecule has 1 aromatic rings. The van der Waals surface area contributed by atoms with Gasteiger partial charge in [0.2, 0.25) is 5.95 Å². The van der Waals surface area contributed by atoms with Crippen LogP contribution in [0.15, 0.2) is 6.07 Å². The van der Waals surface area contributed by atoms with Crippen molar-refractivity contribution in [3.8, 4) is 0 Å². The molecule has 6 heteroatoms. The number of nitrogens with zero attached hydrogens (tertiary/aromatic N) is 2. The number of aryl methyl sites for hydroxylation is 1. The average molecular weight is 261 g/mol. The van der Waals surface area contributed by atoms with Gasteiger partial charge in [0, 0.05) is 24.4 Å². The van der Waals surface area contributed by atoms with Crippen LogP contribution in [0.1, 0.15) is 44.0 Å². The van der Waals surface area contributed by atoms with E-state index in [1.807, 2.05) is 26.8 Å². The number of anilines is 1. The Labute approximate surface area is 105 Å². The van der Waals surface area contributed by atoms with Crippen LogP contribution in [0.2, 0.25) is 0 Å². The molecule has 18 heavy (non-hydrogen) atoms. The predicted octanol–water partition coefficient (Wildman–Crippen LogP) is 3.66. The molecular weight excluding hydrogens is 243 g/mol. The highest BCUT2D eigenvalue weighted by atomic mass is 19.4. The predicted molar refractivity (Wildman–Crippen MR) is 64.6 cm³/mol. The lowest BCUT2D eigenvalue weighted by Gasteiger charge is -2.10. The zero-order valence-corrected chi connectivity index (χ0v) is 10.8. The van der Waals surface area contributed by atoms with Crippen LogP contribution >= 0.6 is 0 Å². The number of halogens is 3. The maximum absolute atomic E-state index is 12.0. The fraction of sp³-hybridized carbons (Fsp3) is 0.667. The third-order valence-electron chi connectivity index (χ3n) is 2.39. The Morgan fingerprint density at radius 2 is 1.94 bits per heavy atom. The second kappa shape index (κ2) is 6.02. The summed E-state index contributed by atoms with van der Waals surface area (Å²) in [5.41, 5.74) is 1.70. The topological polar surface area (TPSA) is 37.8 Å². The lowest BCUT2D eigenvalue weighted by atomic mass is 10.1. The summed E-state index contributed by atoms with van der Waals surface area (Å²) in [6.45, 7) is 6.08. The lowest BCUT2D eigenvalue weighted by molar-refractivity contribution is -0.134. The molecule has 1 N–H and O–H groups in total. The number of aromatic nitrogens is 2. The van der Waals surface area contributed by atoms with Gasteiger partial charge in [-0.2, -0.15) is 13.2 Å². The van der Waals surface area contributed by atoms with E-state index in [0.717, 1.165) is 11.4 Å². The second-order valence-electron chi connectivity index (χ2n) is 4.56. The van der Waals surface area contributed by atoms with Crippen LogP contribution < -0.4 is 5.32 Å². The maximum Gasteiger partial charge on any atom is 0.389 e. The third kappa shape index (κ3) is 5.33. The molecule has 0 aliphatic rings. The molecule has 0 radical (unpaired) electrons. The van der Waals surface area contributed by atoms with Crippen molar-refractivity contribution < 1.29 is 13.2 Å². The Kier molecular flexibility index (Phi) is 4.93. The molecule has 1 rings (SSSR count). The van der Waals surface area contributed by atoms with Gasteiger partial charge in [-0.05, 0) is 25.3 Å². The van der Waals surface area contributed by atoms with E-state index >= 15 is 0 Å². The Morgan fingerprint density at radius 3 is 2.50 bits per heavy atom. The highest BCUT2D eigenvalue weighted by molar-refractivity contribution is 5.28. The lowest BCUT2D eigenvalue weighted by Crippen LogP contribution is -2.13. The van der Waals surface area contributed by atoms with Gasteiger partial charge in [-0.15, -0.1) is 0 Å². The molecule has 0 atom stereocenters. The van der Waals surface area contributed by atoms with Crippen LogP contribution in [0, 0.1) is 6.92 Å². The second-order valence-corrected chi connectivity index (χ2v) is 4.56. The van der Waals surface area contributed by atoms with Gasteiger partial charge in [-0.3, -0.25) is 0 Å². The van der Waals surface area contributed by atoms with E-state index in [1.165, 1.54) is 0 Å². The highest BCUT2D eigenvalue weighted by Gasteiger charge is 2.25. The van der Waals surface area contributed by atoms with Gasteiger partial charge in [-0.1, -0.05) is 13.8 Å². The summed E-state index contributed by atoms with van der Waals surface area (Å²) >= 11 is 0. The molecule has 0 unspecified atom stereocenters. The molecule has 0 fully saturated rings. The summed E-state index contributed by atoms with van der Waals surface area (Å²) in [6.07, 6.45) is -4.86. The van der Waals surface area contributed by atoms with Crippen molar-refractivity contribution in [1.29, 1.82) is 0 Å². The van der Waals surface area contributed by atoms with Crippen LogP contribution in [0.25, 0.3) is 0 Å². The van der Waals surface area contributed by atoms with Crippen molar-refractivity contribution in [2.75, 3.05) is 11.9 Å². The van der Waals surface area contributed by atoms with Gasteiger partial charge >= 0.3 is 6.18 Å². The molecule has 0 bridgehead atoms. The number of rotatable bonds is 5. The molecule has 0 amide bonds. The molecule has 1 heterocycles. The minimum absolute atomic E-state index is 0.0256. The van der Waals surface area contributed by atoms with E-state index in [1.54, 1.807) is 0 Å². The molecule has 102 valence electrons. The molecule has 0 aromatic carbocycles. The number of alkyl halides is 3. The zero-order valence-electron chi connectivity index (χ0n) is 10.8. The quantitative estimate of drug-likeness (QED) is 0.822. The van der Waals surface area contributed by atoms with Gasteiger partial charge in [0.05, 0.1) is 0 Å². The van der Waals surface area contributed by atoms with E-state index in [0.29, 0.717) is 5.95 Å². The molecular formula is C12H18F3N3. The smallest absolute Gasteiger partial charge is 0.354 e. The SMILES string of the molecule is Cc1cc(C(C)C)nc(NCCCC(F)(F)F)n1. The molecule has 0 spiro atoms. The molecule has 3 nitrogen and oxygen atoms in total. The summed E-state index contributed by atoms with van der Waals surface area (Å²) in [5.74, 6) is 0.670. The van der Waals surface area contributed by atoms with Crippen molar-refractivity contribution in [3.63, 3.8) is 0 Å². The Hall–Kier alpha value is -1.33. The Morgan fingerprint density at radius 1 is 1.28 bits per heavy atom. The van der Waals surface area contributed by atoms with Crippen LogP contribution in [0.3, 0.4) is 0 Å². The van der Waals surface area contributed by atoms with Crippen LogP contribution in [-0.4, -0.2) is 22.7 Å². The zero-order chi connectivity index (χ0) is 13.8. The summed E-state index contributed by atoms with van der Waals surface area (Å²) in [4.78, 5) is 8.41. The minimum atomic E-state index is -4.10. The number of nitrogens with one attached hydrogen (secondary N) is 1. The number of hydrogen-bond acceptors (Lipinski definition) is 3. The summed E-state index contributed by atoms with van der Waals surface area (Å²) in [7, 11) is 0. The minimum Gasteiger partial charge on any atom is -0.354 e. The molecule has 0 saturated heterocycles. The first kappa shape index (κ1) is 14.7. The molecule has 0 saturated carbocycles. The van der Waals surface area contributed by atoms with E-state index in [-0.39, 0.29) is 18.9 Å². The standard InChI is InChI=1S/C12H18F3N3/c1-8(2)10-7-9(3)17-11(18-10)16-6-4-5-12(13,14)15/h7-8H,4-6H2,1-3H3,(H,16,17,18). The van der Waals surface area contributed by atoms with Crippen molar-refractivity contribution in [3.05, 3.63) is 17.5 Å². The van der Waals surface area contributed by atoms with E-state index < -0.39 is 12.6 Å². The van der Waals surface area contributed by atoms with Crippen molar-refractivity contribution in [2.24, 2.45) is 0 Å². The van der Waals surface area contributed by atoms with Gasteiger partial charge < -0.3 is 5.32 Å². The average Bonchev–Trinajstić information content (AvgIpc) is 2.22. The largest absolute Gasteiger partial charge is 0.389 e. The number of hydrogen-bond donors (Lipinski definition) is 1. The fourth-order valence-corrected chi connectivity index (χ4v) is 1.46. The third-order valence-corrected chi connectivity index (χ3v) is 2.39. The van der Waals surface area contributed by atoms with Gasteiger partial charge in [0.15, 0.2) is 0 Å². The maximum atomic E-state index is 12.0. The monoisotopic (exact) mass is 261 g/mol. The van der Waals surface area contributed by atoms with Crippen molar-refractivity contribution in [1.82, 2.24) is 9.97 Å². The fourth-order valence-electron chi connectivity index (χ4n) is 1.46. The van der Waals surface area contributed by atoms with E-state index in [2.05, 4.69) is 15.3 Å². The Balaban J connectivity index is 2.52. The first-order chi connectivity index (χ1) is 8.28. The van der Waals surface area contributed by atoms with E-state index in [9.17, 15) is 13.2 Å². The first-order valence-corrected chi connectivity index (χ1v) is 5.94. The van der Waals surface area contributed by atoms with Gasteiger partial charge in [0.1, 0.15) is 0 Å². The normalized spacial score (nSPS) is 11.9. The molecule has 1 aromatic heterocycles. The van der Waals surface area contributed by atoms with Crippen molar-refractivity contribution in [2.45, 2.75) is 45.7 Å². The molecule has 0 aliphatic heterocycles. The van der Waals surface area contributed by atoms with Crippen LogP contribution in [-0.2, 0) is 0 Å². The summed E-state index contributed by atoms with van der Waals surface area (Å²) < 4.78 is 35.9. The van der Waals surface area contributed by atoms with Crippen LogP contribution in [0.4, 0.5) is 19.1 Å². The van der Waals surface area contributed by atoms with Crippen molar-refractivity contribution >= 4 is 5.95 Å². The summed E-state index contributed by atoms with van der Waals surface area (Å²) in [5, 5.41) is 2.83.